The molecule has 0 aliphatic carbocycles. The molecule has 0 unspecified atom stereocenters. The highest BCUT2D eigenvalue weighted by Crippen LogP contribution is 2.17. The number of esters is 1. The molecule has 0 atom stereocenters. The fraction of sp³-hybridized carbons (Fsp3) is 0.222. The minimum Gasteiger partial charge on any atom is -0.468 e. The van der Waals surface area contributed by atoms with E-state index in [4.69, 9.17) is 11.6 Å². The minimum absolute atomic E-state index is 0.249. The molecule has 0 saturated carbocycles. The first-order valence-electron chi connectivity index (χ1n) is 7.59. The van der Waals surface area contributed by atoms with Crippen molar-refractivity contribution in [3.63, 3.8) is 0 Å². The molecule has 2 amide bonds. The summed E-state index contributed by atoms with van der Waals surface area (Å²) in [7, 11) is 1.37. The van der Waals surface area contributed by atoms with Crippen LogP contribution in [0.1, 0.15) is 11.1 Å². The van der Waals surface area contributed by atoms with E-state index < -0.39 is 0 Å². The lowest BCUT2D eigenvalue weighted by molar-refractivity contribution is -0.137. The van der Waals surface area contributed by atoms with E-state index in [1.54, 1.807) is 12.1 Å². The van der Waals surface area contributed by atoms with Crippen LogP contribution in [0.15, 0.2) is 48.5 Å². The molecule has 0 aliphatic rings. The summed E-state index contributed by atoms with van der Waals surface area (Å²) in [6, 6.07) is 14.5. The summed E-state index contributed by atoms with van der Waals surface area (Å²) < 4.78 is 4.60. The number of urea groups is 1. The summed E-state index contributed by atoms with van der Waals surface area (Å²) in [6.07, 6.45) is 0. The van der Waals surface area contributed by atoms with E-state index in [1.807, 2.05) is 36.4 Å². The second-order valence-corrected chi connectivity index (χ2v) is 6.63. The maximum atomic E-state index is 12.0. The lowest BCUT2D eigenvalue weighted by atomic mass is 10.2. The minimum atomic E-state index is -0.283. The van der Waals surface area contributed by atoms with Crippen LogP contribution in [0.5, 0.6) is 0 Å². The van der Waals surface area contributed by atoms with Crippen LogP contribution in [0.2, 0.25) is 5.02 Å². The number of benzene rings is 2. The Morgan fingerprint density at radius 1 is 1.12 bits per heavy atom. The van der Waals surface area contributed by atoms with Gasteiger partial charge in [0.1, 0.15) is 0 Å². The Kier molecular flexibility index (Phi) is 7.63. The van der Waals surface area contributed by atoms with Gasteiger partial charge in [0.2, 0.25) is 0 Å². The second kappa shape index (κ2) is 9.96. The number of halogens is 1. The fourth-order valence-corrected chi connectivity index (χ4v) is 2.94. The Labute approximate surface area is 156 Å². The third-order valence-electron chi connectivity index (χ3n) is 3.27. The Hall–Kier alpha value is -2.18. The smallest absolute Gasteiger partial charge is 0.319 e. The van der Waals surface area contributed by atoms with Gasteiger partial charge in [0, 0.05) is 23.0 Å². The van der Waals surface area contributed by atoms with Gasteiger partial charge < -0.3 is 15.4 Å². The van der Waals surface area contributed by atoms with E-state index in [1.165, 1.54) is 18.9 Å². The third kappa shape index (κ3) is 7.07. The number of carbonyl (C=O) groups excluding carboxylic acids is 2. The van der Waals surface area contributed by atoms with Gasteiger partial charge in [0.25, 0.3) is 0 Å². The number of thioether (sulfide) groups is 1. The maximum absolute atomic E-state index is 12.0. The molecule has 25 heavy (non-hydrogen) atoms. The van der Waals surface area contributed by atoms with Crippen LogP contribution in [0.4, 0.5) is 10.5 Å². The molecule has 2 N–H and O–H groups in total. The first kappa shape index (κ1) is 19.1. The van der Waals surface area contributed by atoms with E-state index in [-0.39, 0.29) is 12.0 Å². The molecule has 0 aliphatic heterocycles. The number of amides is 2. The van der Waals surface area contributed by atoms with Gasteiger partial charge >= 0.3 is 12.0 Å². The topological polar surface area (TPSA) is 67.4 Å². The molecule has 2 aromatic carbocycles. The second-order valence-electron chi connectivity index (χ2n) is 5.20. The molecular weight excluding hydrogens is 360 g/mol. The van der Waals surface area contributed by atoms with Crippen molar-refractivity contribution in [3.05, 3.63) is 64.7 Å². The molecule has 5 nitrogen and oxygen atoms in total. The monoisotopic (exact) mass is 378 g/mol. The zero-order valence-corrected chi connectivity index (χ0v) is 15.3. The van der Waals surface area contributed by atoms with Gasteiger partial charge in [-0.05, 0) is 35.4 Å². The SMILES string of the molecule is COC(=O)CSCc1cccc(NC(=O)NCc2ccc(Cl)cc2)c1. The summed E-state index contributed by atoms with van der Waals surface area (Å²) in [5.41, 5.74) is 2.68. The van der Waals surface area contributed by atoms with Gasteiger partial charge in [-0.3, -0.25) is 4.79 Å². The highest BCUT2D eigenvalue weighted by Gasteiger charge is 2.04. The molecule has 7 heteroatoms. The van der Waals surface area contributed by atoms with Crippen molar-refractivity contribution < 1.29 is 14.3 Å². The molecule has 2 rings (SSSR count). The number of hydrogen-bond donors (Lipinski definition) is 2. The van der Waals surface area contributed by atoms with E-state index >= 15 is 0 Å². The highest BCUT2D eigenvalue weighted by atomic mass is 35.5. The summed E-state index contributed by atoms with van der Waals surface area (Å²) in [4.78, 5) is 23.1. The van der Waals surface area contributed by atoms with E-state index in [9.17, 15) is 9.59 Å². The van der Waals surface area contributed by atoms with Crippen LogP contribution in [-0.4, -0.2) is 24.9 Å². The van der Waals surface area contributed by atoms with Crippen LogP contribution >= 0.6 is 23.4 Å². The van der Waals surface area contributed by atoms with Crippen molar-refractivity contribution in [2.24, 2.45) is 0 Å². The Bertz CT molecular complexity index is 723. The van der Waals surface area contributed by atoms with E-state index in [0.717, 1.165) is 11.1 Å². The standard InChI is InChI=1S/C18H19ClN2O3S/c1-24-17(22)12-25-11-14-3-2-4-16(9-14)21-18(23)20-10-13-5-7-15(19)8-6-13/h2-9H,10-12H2,1H3,(H2,20,21,23). The maximum Gasteiger partial charge on any atom is 0.319 e. The van der Waals surface area contributed by atoms with Crippen LogP contribution in [0.25, 0.3) is 0 Å². The molecule has 132 valence electrons. The number of methoxy groups -OCH3 is 1. The predicted octanol–water partition coefficient (Wildman–Crippen LogP) is 4.07. The molecule has 0 spiro atoms. The summed E-state index contributed by atoms with van der Waals surface area (Å²) in [6.45, 7) is 0.414. The van der Waals surface area contributed by atoms with Gasteiger partial charge in [-0.15, -0.1) is 11.8 Å². The van der Waals surface area contributed by atoms with Crippen molar-refractivity contribution in [3.8, 4) is 0 Å². The van der Waals surface area contributed by atoms with Crippen molar-refractivity contribution in [2.75, 3.05) is 18.2 Å². The van der Waals surface area contributed by atoms with Crippen LogP contribution < -0.4 is 10.6 Å². The molecule has 0 bridgehead atoms. The number of carbonyl (C=O) groups is 2. The first-order valence-corrected chi connectivity index (χ1v) is 9.13. The van der Waals surface area contributed by atoms with Gasteiger partial charge in [0.15, 0.2) is 0 Å². The number of anilines is 1. The average Bonchev–Trinajstić information content (AvgIpc) is 2.61. The number of nitrogens with one attached hydrogen (secondary N) is 2. The molecule has 0 saturated heterocycles. The van der Waals surface area contributed by atoms with Gasteiger partial charge in [-0.25, -0.2) is 4.79 Å². The lowest BCUT2D eigenvalue weighted by Crippen LogP contribution is -2.28. The van der Waals surface area contributed by atoms with Crippen LogP contribution in [-0.2, 0) is 21.8 Å². The summed E-state index contributed by atoms with van der Waals surface area (Å²) in [5.74, 6) is 0.716. The molecule has 0 fully saturated rings. The van der Waals surface area contributed by atoms with Crippen molar-refractivity contribution in [1.29, 1.82) is 0 Å². The largest absolute Gasteiger partial charge is 0.468 e. The lowest BCUT2D eigenvalue weighted by Gasteiger charge is -2.09. The van der Waals surface area contributed by atoms with Crippen LogP contribution in [0.3, 0.4) is 0 Å². The predicted molar refractivity (Wildman–Crippen MR) is 102 cm³/mol. The van der Waals surface area contributed by atoms with Crippen LogP contribution in [0, 0.1) is 0 Å². The number of rotatable bonds is 7. The molecule has 0 heterocycles. The normalized spacial score (nSPS) is 10.2. The van der Waals surface area contributed by atoms with Crippen molar-refractivity contribution in [2.45, 2.75) is 12.3 Å². The molecule has 0 aromatic heterocycles. The zero-order chi connectivity index (χ0) is 18.1. The highest BCUT2D eigenvalue weighted by molar-refractivity contribution is 7.99. The fourth-order valence-electron chi connectivity index (χ4n) is 2.01. The van der Waals surface area contributed by atoms with Crippen molar-refractivity contribution >= 4 is 41.1 Å². The first-order chi connectivity index (χ1) is 12.1. The average molecular weight is 379 g/mol. The quantitative estimate of drug-likeness (QED) is 0.713. The Morgan fingerprint density at radius 3 is 2.60 bits per heavy atom. The Morgan fingerprint density at radius 2 is 1.88 bits per heavy atom. The molecule has 2 aromatic rings. The van der Waals surface area contributed by atoms with E-state index in [0.29, 0.717) is 28.8 Å². The van der Waals surface area contributed by atoms with Gasteiger partial charge in [-0.2, -0.15) is 0 Å². The van der Waals surface area contributed by atoms with Crippen molar-refractivity contribution in [1.82, 2.24) is 5.32 Å². The van der Waals surface area contributed by atoms with Gasteiger partial charge in [-0.1, -0.05) is 35.9 Å². The van der Waals surface area contributed by atoms with E-state index in [2.05, 4.69) is 15.4 Å². The number of hydrogen-bond acceptors (Lipinski definition) is 4. The molecular formula is C18H19ClN2O3S. The van der Waals surface area contributed by atoms with Gasteiger partial charge in [0.05, 0.1) is 12.9 Å². The summed E-state index contributed by atoms with van der Waals surface area (Å²) >= 11 is 7.29. The third-order valence-corrected chi connectivity index (χ3v) is 4.50. The zero-order valence-electron chi connectivity index (χ0n) is 13.8. The molecule has 0 radical (unpaired) electrons. The Balaban J connectivity index is 1.80. The summed E-state index contributed by atoms with van der Waals surface area (Å²) in [5, 5.41) is 6.25. The number of ether oxygens (including phenoxy) is 1.